The number of rotatable bonds is 5. The number of aromatic amines is 1. The van der Waals surface area contributed by atoms with E-state index >= 15 is 0 Å². The standard InChI is InChI=1S/C17H18ClN5O3/c1-22-13(9-15(24)23(2)17(22)26)16(25)19-7-3-4-14-20-11-6-5-10(18)8-12(11)21-14/h5-6,8-9H,3-4,7H2,1-2H3,(H,19,25)(H,20,21). The van der Waals surface area contributed by atoms with Crippen molar-refractivity contribution in [3.05, 3.63) is 61.6 Å². The molecule has 1 amide bonds. The van der Waals surface area contributed by atoms with Crippen molar-refractivity contribution in [1.29, 1.82) is 0 Å². The molecule has 2 aromatic heterocycles. The molecule has 0 saturated carbocycles. The van der Waals surface area contributed by atoms with E-state index in [0.29, 0.717) is 24.4 Å². The normalized spacial score (nSPS) is 11.0. The summed E-state index contributed by atoms with van der Waals surface area (Å²) in [5, 5.41) is 3.36. The van der Waals surface area contributed by atoms with E-state index in [2.05, 4.69) is 15.3 Å². The van der Waals surface area contributed by atoms with E-state index in [4.69, 9.17) is 11.6 Å². The minimum atomic E-state index is -0.538. The number of halogens is 1. The second kappa shape index (κ2) is 7.17. The van der Waals surface area contributed by atoms with E-state index in [9.17, 15) is 14.4 Å². The number of amides is 1. The highest BCUT2D eigenvalue weighted by Gasteiger charge is 2.13. The molecule has 0 bridgehead atoms. The van der Waals surface area contributed by atoms with Gasteiger partial charge in [0.1, 0.15) is 11.5 Å². The molecule has 26 heavy (non-hydrogen) atoms. The van der Waals surface area contributed by atoms with E-state index in [0.717, 1.165) is 32.1 Å². The van der Waals surface area contributed by atoms with Gasteiger partial charge in [0.15, 0.2) is 0 Å². The maximum Gasteiger partial charge on any atom is 0.331 e. The number of nitrogens with zero attached hydrogens (tertiary/aromatic N) is 3. The average molecular weight is 376 g/mol. The molecule has 2 N–H and O–H groups in total. The molecule has 0 aliphatic rings. The molecule has 9 heteroatoms. The minimum absolute atomic E-state index is 0.0384. The molecular formula is C17H18ClN5O3. The highest BCUT2D eigenvalue weighted by Crippen LogP contribution is 2.17. The molecule has 1 aromatic carbocycles. The number of benzene rings is 1. The molecule has 0 aliphatic heterocycles. The highest BCUT2D eigenvalue weighted by atomic mass is 35.5. The third kappa shape index (κ3) is 3.55. The summed E-state index contributed by atoms with van der Waals surface area (Å²) >= 11 is 5.95. The molecular weight excluding hydrogens is 358 g/mol. The van der Waals surface area contributed by atoms with Gasteiger partial charge < -0.3 is 10.3 Å². The zero-order valence-corrected chi connectivity index (χ0v) is 15.1. The van der Waals surface area contributed by atoms with Gasteiger partial charge in [0.05, 0.1) is 11.0 Å². The molecule has 0 saturated heterocycles. The lowest BCUT2D eigenvalue weighted by atomic mass is 10.3. The maximum atomic E-state index is 12.2. The zero-order chi connectivity index (χ0) is 18.8. The molecule has 0 unspecified atom stereocenters. The zero-order valence-electron chi connectivity index (χ0n) is 14.4. The number of hydrogen-bond donors (Lipinski definition) is 2. The number of hydrogen-bond acceptors (Lipinski definition) is 4. The van der Waals surface area contributed by atoms with Gasteiger partial charge in [-0.25, -0.2) is 9.78 Å². The summed E-state index contributed by atoms with van der Waals surface area (Å²) in [6.07, 6.45) is 1.29. The van der Waals surface area contributed by atoms with Crippen LogP contribution in [0.25, 0.3) is 11.0 Å². The third-order valence-corrected chi connectivity index (χ3v) is 4.36. The smallest absolute Gasteiger partial charge is 0.331 e. The van der Waals surface area contributed by atoms with Crippen LogP contribution < -0.4 is 16.6 Å². The van der Waals surface area contributed by atoms with Crippen LogP contribution in [0.15, 0.2) is 33.9 Å². The van der Waals surface area contributed by atoms with Crippen LogP contribution in [-0.4, -0.2) is 31.6 Å². The molecule has 0 aliphatic carbocycles. The first-order chi connectivity index (χ1) is 12.4. The van der Waals surface area contributed by atoms with E-state index in [1.54, 1.807) is 6.07 Å². The first-order valence-corrected chi connectivity index (χ1v) is 8.44. The van der Waals surface area contributed by atoms with Gasteiger partial charge in [-0.15, -0.1) is 0 Å². The highest BCUT2D eigenvalue weighted by molar-refractivity contribution is 6.31. The van der Waals surface area contributed by atoms with Crippen LogP contribution in [0.1, 0.15) is 22.7 Å². The lowest BCUT2D eigenvalue weighted by Gasteiger charge is -2.09. The minimum Gasteiger partial charge on any atom is -0.351 e. The van der Waals surface area contributed by atoms with Crippen molar-refractivity contribution in [2.75, 3.05) is 6.54 Å². The molecule has 0 atom stereocenters. The van der Waals surface area contributed by atoms with Crippen molar-refractivity contribution in [2.45, 2.75) is 12.8 Å². The van der Waals surface area contributed by atoms with E-state index < -0.39 is 17.2 Å². The van der Waals surface area contributed by atoms with E-state index in [-0.39, 0.29) is 5.69 Å². The van der Waals surface area contributed by atoms with Crippen molar-refractivity contribution >= 4 is 28.5 Å². The quantitative estimate of drug-likeness (QED) is 0.649. The van der Waals surface area contributed by atoms with Crippen LogP contribution in [0.4, 0.5) is 0 Å². The SMILES string of the molecule is Cn1c(C(=O)NCCCc2nc3ccc(Cl)cc3[nH]2)cc(=O)n(C)c1=O. The van der Waals surface area contributed by atoms with Gasteiger partial charge in [-0.2, -0.15) is 0 Å². The topological polar surface area (TPSA) is 102 Å². The largest absolute Gasteiger partial charge is 0.351 e. The Morgan fingerprint density at radius 1 is 1.23 bits per heavy atom. The number of carbonyl (C=O) groups excluding carboxylic acids is 1. The fraction of sp³-hybridized carbons (Fsp3) is 0.294. The Labute approximate surface area is 153 Å². The first-order valence-electron chi connectivity index (χ1n) is 8.06. The van der Waals surface area contributed by atoms with Crippen molar-refractivity contribution < 1.29 is 4.79 Å². The number of imidazole rings is 1. The first kappa shape index (κ1) is 17.9. The average Bonchev–Trinajstić information content (AvgIpc) is 3.01. The maximum absolute atomic E-state index is 12.2. The summed E-state index contributed by atoms with van der Waals surface area (Å²) in [6.45, 7) is 0.389. The van der Waals surface area contributed by atoms with Gasteiger partial charge in [-0.05, 0) is 24.6 Å². The summed E-state index contributed by atoms with van der Waals surface area (Å²) in [6, 6.07) is 6.59. The fourth-order valence-electron chi connectivity index (χ4n) is 2.65. The lowest BCUT2D eigenvalue weighted by Crippen LogP contribution is -2.41. The van der Waals surface area contributed by atoms with Crippen LogP contribution in [0.2, 0.25) is 5.02 Å². The molecule has 0 fully saturated rings. The summed E-state index contributed by atoms with van der Waals surface area (Å²) in [5.41, 5.74) is 0.689. The van der Waals surface area contributed by atoms with Crippen molar-refractivity contribution in [3.63, 3.8) is 0 Å². The lowest BCUT2D eigenvalue weighted by molar-refractivity contribution is 0.0943. The summed E-state index contributed by atoms with van der Waals surface area (Å²) < 4.78 is 2.10. The van der Waals surface area contributed by atoms with E-state index in [1.165, 1.54) is 14.1 Å². The van der Waals surface area contributed by atoms with Crippen molar-refractivity contribution in [1.82, 2.24) is 24.4 Å². The number of carbonyl (C=O) groups is 1. The van der Waals surface area contributed by atoms with Crippen molar-refractivity contribution in [2.24, 2.45) is 14.1 Å². The second-order valence-corrected chi connectivity index (χ2v) is 6.41. The van der Waals surface area contributed by atoms with Gasteiger partial charge in [0, 0.05) is 38.1 Å². The molecule has 3 aromatic rings. The molecule has 0 spiro atoms. The second-order valence-electron chi connectivity index (χ2n) is 5.97. The molecule has 8 nitrogen and oxygen atoms in total. The van der Waals surface area contributed by atoms with Gasteiger partial charge in [0.2, 0.25) is 0 Å². The number of nitrogens with one attached hydrogen (secondary N) is 2. The molecule has 3 rings (SSSR count). The van der Waals surface area contributed by atoms with Gasteiger partial charge >= 0.3 is 5.69 Å². The molecule has 136 valence electrons. The van der Waals surface area contributed by atoms with Crippen LogP contribution in [-0.2, 0) is 20.5 Å². The molecule has 0 radical (unpaired) electrons. The predicted molar refractivity (Wildman–Crippen MR) is 98.7 cm³/mol. The van der Waals surface area contributed by atoms with Gasteiger partial charge in [-0.3, -0.25) is 18.7 Å². The van der Waals surface area contributed by atoms with Crippen LogP contribution >= 0.6 is 11.6 Å². The number of H-pyrrole nitrogens is 1. The Hall–Kier alpha value is -2.87. The van der Waals surface area contributed by atoms with Gasteiger partial charge in [-0.1, -0.05) is 11.6 Å². The Balaban J connectivity index is 1.60. The number of fused-ring (bicyclic) bond motifs is 1. The van der Waals surface area contributed by atoms with Crippen LogP contribution in [0.3, 0.4) is 0 Å². The van der Waals surface area contributed by atoms with Gasteiger partial charge in [0.25, 0.3) is 11.5 Å². The monoisotopic (exact) mass is 375 g/mol. The predicted octanol–water partition coefficient (Wildman–Crippen LogP) is 0.976. The number of aryl methyl sites for hydroxylation is 1. The molecule has 2 heterocycles. The Morgan fingerprint density at radius 2 is 2.00 bits per heavy atom. The Bertz CT molecular complexity index is 1100. The van der Waals surface area contributed by atoms with Crippen LogP contribution in [0, 0.1) is 0 Å². The van der Waals surface area contributed by atoms with E-state index in [1.807, 2.05) is 12.1 Å². The Morgan fingerprint density at radius 3 is 2.77 bits per heavy atom. The summed E-state index contributed by atoms with van der Waals surface area (Å²) in [5.74, 6) is 0.344. The third-order valence-electron chi connectivity index (χ3n) is 4.13. The fourth-order valence-corrected chi connectivity index (χ4v) is 2.82. The van der Waals surface area contributed by atoms with Crippen LogP contribution in [0.5, 0.6) is 0 Å². The van der Waals surface area contributed by atoms with Crippen molar-refractivity contribution in [3.8, 4) is 0 Å². The summed E-state index contributed by atoms with van der Waals surface area (Å²) in [4.78, 5) is 43.4. The Kier molecular flexibility index (Phi) is 4.94. The summed E-state index contributed by atoms with van der Waals surface area (Å²) in [7, 11) is 2.82. The number of aromatic nitrogens is 4.